The Balaban J connectivity index is 2.56. The van der Waals surface area contributed by atoms with Crippen LogP contribution in [0.4, 0.5) is 0 Å². The number of aromatic amines is 1. The number of nitrogens with one attached hydrogen (secondary N) is 1. The van der Waals surface area contributed by atoms with Crippen LogP contribution in [0.2, 0.25) is 0 Å². The van der Waals surface area contributed by atoms with Crippen LogP contribution in [-0.4, -0.2) is 41.7 Å². The Kier molecular flexibility index (Phi) is 5.62. The molecule has 1 aromatic carbocycles. The molecular weight excluding hydrogens is 318 g/mol. The summed E-state index contributed by atoms with van der Waals surface area (Å²) >= 11 is 1.28. The molecule has 2 N–H and O–H groups in total. The number of rotatable bonds is 6. The van der Waals surface area contributed by atoms with E-state index in [0.717, 1.165) is 0 Å². The first kappa shape index (κ1) is 16.9. The van der Waals surface area contributed by atoms with Crippen LogP contribution in [0.3, 0.4) is 0 Å². The van der Waals surface area contributed by atoms with Gasteiger partial charge in [0.25, 0.3) is 5.56 Å². The summed E-state index contributed by atoms with van der Waals surface area (Å²) in [5.41, 5.74) is 0.305. The predicted octanol–water partition coefficient (Wildman–Crippen LogP) is 1.41. The first-order chi connectivity index (χ1) is 11.1. The summed E-state index contributed by atoms with van der Waals surface area (Å²) in [5.74, 6) is 0.881. The van der Waals surface area contributed by atoms with Crippen LogP contribution in [0.25, 0.3) is 11.3 Å². The Bertz CT molecular complexity index is 798. The second-order valence-electron chi connectivity index (χ2n) is 4.35. The topological polar surface area (TPSA) is 108 Å². The van der Waals surface area contributed by atoms with Crippen molar-refractivity contribution in [3.8, 4) is 28.8 Å². The highest BCUT2D eigenvalue weighted by molar-refractivity contribution is 7.98. The summed E-state index contributed by atoms with van der Waals surface area (Å²) in [6, 6.07) is 6.85. The average molecular weight is 333 g/mol. The number of nitriles is 1. The molecule has 0 fully saturated rings. The first-order valence-corrected chi connectivity index (χ1v) is 7.87. The molecule has 0 aliphatic carbocycles. The molecule has 0 saturated heterocycles. The maximum absolute atomic E-state index is 12.0. The lowest BCUT2D eigenvalue weighted by Gasteiger charge is -2.12. The molecular formula is C15H15N3O4S. The Morgan fingerprint density at radius 3 is 2.83 bits per heavy atom. The van der Waals surface area contributed by atoms with E-state index in [1.54, 1.807) is 24.5 Å². The summed E-state index contributed by atoms with van der Waals surface area (Å²) in [4.78, 5) is 18.8. The van der Waals surface area contributed by atoms with E-state index in [1.807, 2.05) is 6.07 Å². The lowest BCUT2D eigenvalue weighted by Crippen LogP contribution is -2.14. The van der Waals surface area contributed by atoms with Gasteiger partial charge in [-0.3, -0.25) is 4.79 Å². The van der Waals surface area contributed by atoms with Crippen LogP contribution in [-0.2, 0) is 0 Å². The molecule has 0 spiro atoms. The maximum Gasteiger partial charge on any atom is 0.270 e. The van der Waals surface area contributed by atoms with Gasteiger partial charge in [-0.15, -0.1) is 0 Å². The lowest BCUT2D eigenvalue weighted by atomic mass is 10.1. The van der Waals surface area contributed by atoms with Gasteiger partial charge in [-0.25, -0.2) is 4.98 Å². The molecule has 2 rings (SSSR count). The van der Waals surface area contributed by atoms with Crippen LogP contribution in [0.5, 0.6) is 11.5 Å². The van der Waals surface area contributed by atoms with E-state index in [2.05, 4.69) is 9.97 Å². The van der Waals surface area contributed by atoms with E-state index in [-0.39, 0.29) is 24.5 Å². The second kappa shape index (κ2) is 7.67. The number of aromatic nitrogens is 2. The average Bonchev–Trinajstić information content (AvgIpc) is 2.58. The van der Waals surface area contributed by atoms with Gasteiger partial charge in [0.15, 0.2) is 16.7 Å². The molecule has 1 aromatic heterocycles. The summed E-state index contributed by atoms with van der Waals surface area (Å²) in [7, 11) is 1.48. The molecule has 0 radical (unpaired) electrons. The van der Waals surface area contributed by atoms with Crippen molar-refractivity contribution in [3.63, 3.8) is 0 Å². The SMILES string of the molecule is COc1cc(-c2nc(SC)[nH]c(=O)c2C#N)ccc1OCCO. The summed E-state index contributed by atoms with van der Waals surface area (Å²) < 4.78 is 10.6. The molecule has 120 valence electrons. The molecule has 0 saturated carbocycles. The normalized spacial score (nSPS) is 10.2. The van der Waals surface area contributed by atoms with Crippen molar-refractivity contribution >= 4 is 11.8 Å². The molecule has 8 heteroatoms. The minimum atomic E-state index is -0.485. The number of hydrogen-bond donors (Lipinski definition) is 2. The minimum Gasteiger partial charge on any atom is -0.493 e. The van der Waals surface area contributed by atoms with E-state index < -0.39 is 5.56 Å². The van der Waals surface area contributed by atoms with Gasteiger partial charge in [-0.1, -0.05) is 11.8 Å². The summed E-state index contributed by atoms with van der Waals surface area (Å²) in [6.07, 6.45) is 1.78. The third-order valence-electron chi connectivity index (χ3n) is 2.99. The van der Waals surface area contributed by atoms with E-state index >= 15 is 0 Å². The lowest BCUT2D eigenvalue weighted by molar-refractivity contribution is 0.196. The number of H-pyrrole nitrogens is 1. The number of aliphatic hydroxyl groups excluding tert-OH is 1. The molecule has 0 unspecified atom stereocenters. The van der Waals surface area contributed by atoms with Crippen LogP contribution in [0.15, 0.2) is 28.2 Å². The molecule has 0 amide bonds. The van der Waals surface area contributed by atoms with E-state index in [1.165, 1.54) is 18.9 Å². The van der Waals surface area contributed by atoms with Crippen LogP contribution in [0, 0.1) is 11.3 Å². The zero-order valence-electron chi connectivity index (χ0n) is 12.6. The zero-order valence-corrected chi connectivity index (χ0v) is 13.4. The smallest absolute Gasteiger partial charge is 0.270 e. The van der Waals surface area contributed by atoms with Crippen molar-refractivity contribution in [1.29, 1.82) is 5.26 Å². The Morgan fingerprint density at radius 1 is 1.43 bits per heavy atom. The molecule has 0 bridgehead atoms. The van der Waals surface area contributed by atoms with Crippen molar-refractivity contribution in [2.45, 2.75) is 5.16 Å². The quantitative estimate of drug-likeness (QED) is 0.608. The third-order valence-corrected chi connectivity index (χ3v) is 3.57. The molecule has 0 aliphatic heterocycles. The van der Waals surface area contributed by atoms with Crippen LogP contribution < -0.4 is 15.0 Å². The fourth-order valence-corrected chi connectivity index (χ4v) is 2.33. The standard InChI is InChI=1S/C15H15N3O4S/c1-21-12-7-9(3-4-11(12)22-6-5-19)13-10(8-16)14(20)18-15(17-13)23-2/h3-4,7,19H,5-6H2,1-2H3,(H,17,18,20). The molecule has 0 aliphatic rings. The van der Waals surface area contributed by atoms with Crippen LogP contribution >= 0.6 is 11.8 Å². The molecule has 7 nitrogen and oxygen atoms in total. The van der Waals surface area contributed by atoms with Crippen molar-refractivity contribution < 1.29 is 14.6 Å². The van der Waals surface area contributed by atoms with Crippen molar-refractivity contribution in [3.05, 3.63) is 34.1 Å². The Labute approximate surface area is 136 Å². The van der Waals surface area contributed by atoms with Crippen molar-refractivity contribution in [2.24, 2.45) is 0 Å². The Hall–Kier alpha value is -2.50. The van der Waals surface area contributed by atoms with E-state index in [9.17, 15) is 10.1 Å². The zero-order chi connectivity index (χ0) is 16.8. The predicted molar refractivity (Wildman–Crippen MR) is 85.9 cm³/mol. The van der Waals surface area contributed by atoms with E-state index in [4.69, 9.17) is 14.6 Å². The highest BCUT2D eigenvalue weighted by Crippen LogP contribution is 2.32. The van der Waals surface area contributed by atoms with Gasteiger partial charge in [0.2, 0.25) is 0 Å². The monoisotopic (exact) mass is 333 g/mol. The van der Waals surface area contributed by atoms with E-state index in [0.29, 0.717) is 22.2 Å². The molecule has 2 aromatic rings. The third kappa shape index (κ3) is 3.64. The second-order valence-corrected chi connectivity index (χ2v) is 5.14. The number of methoxy groups -OCH3 is 1. The summed E-state index contributed by atoms with van der Waals surface area (Å²) in [5, 5.41) is 18.5. The van der Waals surface area contributed by atoms with Crippen molar-refractivity contribution in [2.75, 3.05) is 26.6 Å². The highest BCUT2D eigenvalue weighted by atomic mass is 32.2. The number of aliphatic hydroxyl groups is 1. The van der Waals surface area contributed by atoms with Crippen LogP contribution in [0.1, 0.15) is 5.56 Å². The van der Waals surface area contributed by atoms with Gasteiger partial charge in [0.1, 0.15) is 18.2 Å². The highest BCUT2D eigenvalue weighted by Gasteiger charge is 2.15. The number of benzene rings is 1. The Morgan fingerprint density at radius 2 is 2.22 bits per heavy atom. The van der Waals surface area contributed by atoms with Gasteiger partial charge >= 0.3 is 0 Å². The van der Waals surface area contributed by atoms with Gasteiger partial charge in [-0.2, -0.15) is 5.26 Å². The number of hydrogen-bond acceptors (Lipinski definition) is 7. The molecule has 1 heterocycles. The van der Waals surface area contributed by atoms with Crippen molar-refractivity contribution in [1.82, 2.24) is 9.97 Å². The van der Waals surface area contributed by atoms with Gasteiger partial charge in [-0.05, 0) is 24.5 Å². The fourth-order valence-electron chi connectivity index (χ4n) is 1.95. The number of ether oxygens (including phenoxy) is 2. The summed E-state index contributed by atoms with van der Waals surface area (Å²) in [6.45, 7) is 0.0230. The number of thioether (sulfide) groups is 1. The maximum atomic E-state index is 12.0. The molecule has 0 atom stereocenters. The first-order valence-electron chi connectivity index (χ1n) is 6.65. The minimum absolute atomic E-state index is 0.0612. The fraction of sp³-hybridized carbons (Fsp3) is 0.267. The van der Waals surface area contributed by atoms with Gasteiger partial charge < -0.3 is 19.6 Å². The largest absolute Gasteiger partial charge is 0.493 e. The van der Waals surface area contributed by atoms with Gasteiger partial charge in [0.05, 0.1) is 19.4 Å². The number of nitrogens with zero attached hydrogens (tertiary/aromatic N) is 2. The molecule has 23 heavy (non-hydrogen) atoms. The van der Waals surface area contributed by atoms with Gasteiger partial charge in [0, 0.05) is 5.56 Å².